The first-order chi connectivity index (χ1) is 13.1. The van der Waals surface area contributed by atoms with Gasteiger partial charge in [0.05, 0.1) is 0 Å². The van der Waals surface area contributed by atoms with Crippen LogP contribution < -0.4 is 14.4 Å². The van der Waals surface area contributed by atoms with E-state index in [9.17, 15) is 21.6 Å². The van der Waals surface area contributed by atoms with Gasteiger partial charge >= 0.3 is 6.36 Å². The number of sulfonamides is 1. The van der Waals surface area contributed by atoms with Crippen molar-refractivity contribution in [3.8, 4) is 5.75 Å². The molecule has 0 aromatic heterocycles. The summed E-state index contributed by atoms with van der Waals surface area (Å²) in [5.74, 6) is -0.806. The van der Waals surface area contributed by atoms with Crippen molar-refractivity contribution in [1.29, 1.82) is 0 Å². The Morgan fingerprint density at radius 3 is 2.25 bits per heavy atom. The van der Waals surface area contributed by atoms with Crippen molar-refractivity contribution in [2.24, 2.45) is 0 Å². The molecule has 1 aliphatic heterocycles. The molecule has 1 fully saturated rings. The minimum Gasteiger partial charge on any atom is -0.404 e. The van der Waals surface area contributed by atoms with E-state index in [0.29, 0.717) is 0 Å². The molecular formula is C18H18BrF3N2O3S. The number of hydrogen-bond donors (Lipinski definition) is 1. The zero-order chi connectivity index (χ0) is 20.4. The molecule has 28 heavy (non-hydrogen) atoms. The van der Waals surface area contributed by atoms with Crippen LogP contribution in [0.15, 0.2) is 51.8 Å². The fraction of sp³-hybridized carbons (Fsp3) is 0.333. The predicted molar refractivity (Wildman–Crippen MR) is 104 cm³/mol. The minimum absolute atomic E-state index is 0.252. The number of anilines is 2. The third-order valence-corrected chi connectivity index (χ3v) is 6.18. The van der Waals surface area contributed by atoms with E-state index in [1.165, 1.54) is 12.5 Å². The van der Waals surface area contributed by atoms with Crippen LogP contribution in [0.2, 0.25) is 0 Å². The molecule has 0 saturated carbocycles. The topological polar surface area (TPSA) is 58.6 Å². The van der Waals surface area contributed by atoms with E-state index in [1.807, 2.05) is 0 Å². The molecule has 5 nitrogen and oxygen atoms in total. The number of nitrogens with one attached hydrogen (secondary N) is 1. The smallest absolute Gasteiger partial charge is 0.404 e. The normalized spacial score (nSPS) is 15.4. The average Bonchev–Trinajstić information content (AvgIpc) is 2.61. The number of nitrogens with zero attached hydrogens (tertiary/aromatic N) is 1. The fourth-order valence-corrected chi connectivity index (χ4v) is 4.52. The molecule has 152 valence electrons. The quantitative estimate of drug-likeness (QED) is 0.646. The van der Waals surface area contributed by atoms with E-state index in [-0.39, 0.29) is 10.2 Å². The number of alkyl halides is 3. The molecule has 1 saturated heterocycles. The molecular weight excluding hydrogens is 461 g/mol. The fourth-order valence-electron chi connectivity index (χ4n) is 3.01. The lowest BCUT2D eigenvalue weighted by Gasteiger charge is -2.28. The van der Waals surface area contributed by atoms with Gasteiger partial charge in [-0.15, -0.1) is 13.2 Å². The van der Waals surface area contributed by atoms with Crippen molar-refractivity contribution in [2.75, 3.05) is 22.7 Å². The van der Waals surface area contributed by atoms with E-state index in [0.717, 1.165) is 43.8 Å². The van der Waals surface area contributed by atoms with Gasteiger partial charge in [-0.05, 0) is 61.7 Å². The number of benzene rings is 2. The van der Waals surface area contributed by atoms with Gasteiger partial charge in [-0.2, -0.15) is 0 Å². The lowest BCUT2D eigenvalue weighted by Crippen LogP contribution is -2.29. The van der Waals surface area contributed by atoms with Gasteiger partial charge in [-0.1, -0.05) is 15.9 Å². The van der Waals surface area contributed by atoms with Crippen LogP contribution in [0.4, 0.5) is 24.5 Å². The van der Waals surface area contributed by atoms with Crippen molar-refractivity contribution in [2.45, 2.75) is 30.5 Å². The van der Waals surface area contributed by atoms with E-state index < -0.39 is 27.0 Å². The highest BCUT2D eigenvalue weighted by atomic mass is 79.9. The van der Waals surface area contributed by atoms with Gasteiger partial charge in [0, 0.05) is 28.9 Å². The zero-order valence-electron chi connectivity index (χ0n) is 14.7. The van der Waals surface area contributed by atoms with Crippen LogP contribution in [-0.4, -0.2) is 27.9 Å². The Hall–Kier alpha value is -1.94. The maximum Gasteiger partial charge on any atom is 0.573 e. The molecule has 2 aromatic rings. The summed E-state index contributed by atoms with van der Waals surface area (Å²) in [6.07, 6.45) is -1.59. The van der Waals surface area contributed by atoms with Gasteiger partial charge in [-0.3, -0.25) is 4.72 Å². The zero-order valence-corrected chi connectivity index (χ0v) is 17.1. The molecule has 1 N–H and O–H groups in total. The Morgan fingerprint density at radius 1 is 1.00 bits per heavy atom. The highest BCUT2D eigenvalue weighted by Crippen LogP contribution is 2.33. The Kier molecular flexibility index (Phi) is 6.09. The molecule has 1 heterocycles. The largest absolute Gasteiger partial charge is 0.573 e. The first-order valence-corrected chi connectivity index (χ1v) is 10.8. The average molecular weight is 479 g/mol. The van der Waals surface area contributed by atoms with Crippen molar-refractivity contribution in [3.63, 3.8) is 0 Å². The van der Waals surface area contributed by atoms with Gasteiger partial charge < -0.3 is 9.64 Å². The molecule has 10 heteroatoms. The molecule has 0 bridgehead atoms. The number of hydrogen-bond acceptors (Lipinski definition) is 4. The Morgan fingerprint density at radius 2 is 1.64 bits per heavy atom. The highest BCUT2D eigenvalue weighted by Gasteiger charge is 2.34. The predicted octanol–water partition coefficient (Wildman–Crippen LogP) is 5.14. The van der Waals surface area contributed by atoms with Crippen molar-refractivity contribution in [3.05, 3.63) is 46.9 Å². The third-order valence-electron chi connectivity index (χ3n) is 4.26. The maximum absolute atomic E-state index is 12.6. The second kappa shape index (κ2) is 8.20. The summed E-state index contributed by atoms with van der Waals surface area (Å²) < 4.78 is 69.6. The van der Waals surface area contributed by atoms with Crippen LogP contribution in [0.1, 0.15) is 19.3 Å². The second-order valence-corrected chi connectivity index (χ2v) is 8.91. The summed E-state index contributed by atoms with van der Waals surface area (Å²) in [6, 6.07) is 10.1. The van der Waals surface area contributed by atoms with Gasteiger partial charge in [0.1, 0.15) is 4.90 Å². The molecule has 0 aliphatic carbocycles. The highest BCUT2D eigenvalue weighted by molar-refractivity contribution is 9.10. The lowest BCUT2D eigenvalue weighted by molar-refractivity contribution is -0.275. The molecule has 3 rings (SSSR count). The number of ether oxygens (including phenoxy) is 1. The Labute approximate surface area is 169 Å². The molecule has 0 spiro atoms. The van der Waals surface area contributed by atoms with E-state index >= 15 is 0 Å². The lowest BCUT2D eigenvalue weighted by atomic mass is 10.1. The van der Waals surface area contributed by atoms with Crippen molar-refractivity contribution < 1.29 is 26.3 Å². The molecule has 0 atom stereocenters. The van der Waals surface area contributed by atoms with Crippen molar-refractivity contribution in [1.82, 2.24) is 0 Å². The standard InChI is InChI=1S/C18H18BrF3N2O3S/c19-13-4-9-17(16(12-13)27-18(20,21)22)28(25,26)23-14-5-7-15(8-6-14)24-10-2-1-3-11-24/h4-9,12,23H,1-3,10-11H2. The van der Waals surface area contributed by atoms with E-state index in [1.54, 1.807) is 24.3 Å². The van der Waals surface area contributed by atoms with Crippen LogP contribution in [0.25, 0.3) is 0 Å². The first-order valence-electron chi connectivity index (χ1n) is 8.57. The number of piperidine rings is 1. The monoisotopic (exact) mass is 478 g/mol. The summed E-state index contributed by atoms with van der Waals surface area (Å²) in [4.78, 5) is 1.61. The SMILES string of the molecule is O=S(=O)(Nc1ccc(N2CCCCC2)cc1)c1ccc(Br)cc1OC(F)(F)F. The molecule has 2 aromatic carbocycles. The number of rotatable bonds is 5. The summed E-state index contributed by atoms with van der Waals surface area (Å²) in [5.41, 5.74) is 1.23. The van der Waals surface area contributed by atoms with Crippen LogP contribution in [0.3, 0.4) is 0 Å². The summed E-state index contributed by atoms with van der Waals surface area (Å²) in [6.45, 7) is 1.89. The number of halogens is 4. The summed E-state index contributed by atoms with van der Waals surface area (Å²) in [5, 5.41) is 0. The first kappa shape index (κ1) is 20.8. The van der Waals surface area contributed by atoms with E-state index in [4.69, 9.17) is 0 Å². The van der Waals surface area contributed by atoms with Crippen LogP contribution in [0.5, 0.6) is 5.75 Å². The van der Waals surface area contributed by atoms with Crippen LogP contribution in [0, 0.1) is 0 Å². The third kappa shape index (κ3) is 5.32. The van der Waals surface area contributed by atoms with Gasteiger partial charge in [-0.25, -0.2) is 8.42 Å². The summed E-state index contributed by atoms with van der Waals surface area (Å²) >= 11 is 3.02. The van der Waals surface area contributed by atoms with Crippen molar-refractivity contribution >= 4 is 37.3 Å². The van der Waals surface area contributed by atoms with E-state index in [2.05, 4.69) is 30.3 Å². The van der Waals surface area contributed by atoms with Gasteiger partial charge in [0.25, 0.3) is 10.0 Å². The second-order valence-electron chi connectivity index (χ2n) is 6.34. The van der Waals surface area contributed by atoms with Gasteiger partial charge in [0.2, 0.25) is 0 Å². The molecule has 0 radical (unpaired) electrons. The molecule has 0 amide bonds. The molecule has 0 unspecified atom stereocenters. The summed E-state index contributed by atoms with van der Waals surface area (Å²) in [7, 11) is -4.28. The van der Waals surface area contributed by atoms with Gasteiger partial charge in [0.15, 0.2) is 5.75 Å². The van der Waals surface area contributed by atoms with Crippen LogP contribution >= 0.6 is 15.9 Å². The Balaban J connectivity index is 1.82. The Bertz CT molecular complexity index is 928. The minimum atomic E-state index is -5.01. The van der Waals surface area contributed by atoms with Crippen LogP contribution in [-0.2, 0) is 10.0 Å². The maximum atomic E-state index is 12.6. The molecule has 1 aliphatic rings.